The van der Waals surface area contributed by atoms with Crippen molar-refractivity contribution in [1.29, 1.82) is 0 Å². The molecule has 1 atom stereocenters. The fourth-order valence-corrected chi connectivity index (χ4v) is 1.63. The Bertz CT molecular complexity index is 313. The van der Waals surface area contributed by atoms with Gasteiger partial charge in [-0.2, -0.15) is 0 Å². The fourth-order valence-electron chi connectivity index (χ4n) is 1.63. The molecule has 1 rings (SSSR count). The lowest BCUT2D eigenvalue weighted by molar-refractivity contribution is 0.151. The molecule has 16 heavy (non-hydrogen) atoms. The molecule has 90 valence electrons. The van der Waals surface area contributed by atoms with E-state index < -0.39 is 6.43 Å². The highest BCUT2D eigenvalue weighted by Crippen LogP contribution is 2.22. The molecule has 1 unspecified atom stereocenters. The first-order valence-electron chi connectivity index (χ1n) is 5.78. The molecule has 0 spiro atoms. The second kappa shape index (κ2) is 6.46. The van der Waals surface area contributed by atoms with Gasteiger partial charge < -0.3 is 5.32 Å². The minimum atomic E-state index is -2.40. The zero-order valence-electron chi connectivity index (χ0n) is 9.84. The van der Waals surface area contributed by atoms with Gasteiger partial charge >= 0.3 is 0 Å². The van der Waals surface area contributed by atoms with Crippen LogP contribution in [0.25, 0.3) is 0 Å². The standard InChI is InChI=1S/C13H19F2N/c1-3-4-6-10(2)16-12-8-5-7-11(9-12)13(14)15/h5,7-10,13,16H,3-4,6H2,1-2H3. The highest BCUT2D eigenvalue weighted by Gasteiger charge is 2.08. The van der Waals surface area contributed by atoms with Crippen molar-refractivity contribution >= 4 is 5.69 Å². The highest BCUT2D eigenvalue weighted by atomic mass is 19.3. The Kier molecular flexibility index (Phi) is 5.23. The van der Waals surface area contributed by atoms with Crippen LogP contribution in [0.4, 0.5) is 14.5 Å². The van der Waals surface area contributed by atoms with Crippen LogP contribution in [-0.4, -0.2) is 6.04 Å². The summed E-state index contributed by atoms with van der Waals surface area (Å²) in [5.41, 5.74) is 0.856. The Balaban J connectivity index is 2.56. The summed E-state index contributed by atoms with van der Waals surface area (Å²) < 4.78 is 24.9. The van der Waals surface area contributed by atoms with Gasteiger partial charge in [-0.15, -0.1) is 0 Å². The average Bonchev–Trinajstić information content (AvgIpc) is 2.26. The molecule has 1 nitrogen and oxygen atoms in total. The van der Waals surface area contributed by atoms with Crippen molar-refractivity contribution in [2.45, 2.75) is 45.6 Å². The van der Waals surface area contributed by atoms with E-state index in [1.165, 1.54) is 12.1 Å². The maximum Gasteiger partial charge on any atom is 0.263 e. The maximum atomic E-state index is 12.5. The molecule has 0 radical (unpaired) electrons. The van der Waals surface area contributed by atoms with Gasteiger partial charge in [-0.3, -0.25) is 0 Å². The third-order valence-electron chi connectivity index (χ3n) is 2.54. The van der Waals surface area contributed by atoms with Gasteiger partial charge in [0.05, 0.1) is 0 Å². The minimum Gasteiger partial charge on any atom is -0.383 e. The Labute approximate surface area is 95.9 Å². The maximum absolute atomic E-state index is 12.5. The van der Waals surface area contributed by atoms with Crippen molar-refractivity contribution in [2.75, 3.05) is 5.32 Å². The van der Waals surface area contributed by atoms with Crippen LogP contribution < -0.4 is 5.32 Å². The number of nitrogens with one attached hydrogen (secondary N) is 1. The predicted octanol–water partition coefficient (Wildman–Crippen LogP) is 4.61. The molecule has 0 aliphatic carbocycles. The van der Waals surface area contributed by atoms with Crippen molar-refractivity contribution in [3.63, 3.8) is 0 Å². The SMILES string of the molecule is CCCCC(C)Nc1cccc(C(F)F)c1. The fraction of sp³-hybridized carbons (Fsp3) is 0.538. The second-order valence-corrected chi connectivity index (χ2v) is 4.11. The Morgan fingerprint density at radius 2 is 2.06 bits per heavy atom. The number of unbranched alkanes of at least 4 members (excludes halogenated alkanes) is 1. The van der Waals surface area contributed by atoms with Crippen molar-refractivity contribution < 1.29 is 8.78 Å². The van der Waals surface area contributed by atoms with Gasteiger partial charge in [0.15, 0.2) is 0 Å². The Morgan fingerprint density at radius 3 is 2.69 bits per heavy atom. The van der Waals surface area contributed by atoms with Crippen LogP contribution in [0.3, 0.4) is 0 Å². The number of alkyl halides is 2. The van der Waals surface area contributed by atoms with Gasteiger partial charge in [0.2, 0.25) is 0 Å². The van der Waals surface area contributed by atoms with E-state index >= 15 is 0 Å². The molecule has 0 heterocycles. The van der Waals surface area contributed by atoms with E-state index in [1.54, 1.807) is 6.07 Å². The van der Waals surface area contributed by atoms with Crippen molar-refractivity contribution in [3.05, 3.63) is 29.8 Å². The lowest BCUT2D eigenvalue weighted by atomic mass is 10.1. The number of anilines is 1. The van der Waals surface area contributed by atoms with E-state index in [1.807, 2.05) is 6.07 Å². The van der Waals surface area contributed by atoms with Gasteiger partial charge in [0.1, 0.15) is 0 Å². The van der Waals surface area contributed by atoms with Gasteiger partial charge in [0, 0.05) is 17.3 Å². The number of hydrogen-bond acceptors (Lipinski definition) is 1. The van der Waals surface area contributed by atoms with E-state index in [-0.39, 0.29) is 5.56 Å². The third kappa shape index (κ3) is 4.17. The number of hydrogen-bond donors (Lipinski definition) is 1. The summed E-state index contributed by atoms with van der Waals surface area (Å²) in [6.07, 6.45) is 0.981. The summed E-state index contributed by atoms with van der Waals surface area (Å²) in [5.74, 6) is 0. The number of rotatable bonds is 6. The monoisotopic (exact) mass is 227 g/mol. The molecule has 0 aliphatic heterocycles. The number of benzene rings is 1. The molecule has 0 amide bonds. The smallest absolute Gasteiger partial charge is 0.263 e. The first kappa shape index (κ1) is 12.9. The van der Waals surface area contributed by atoms with E-state index in [9.17, 15) is 8.78 Å². The second-order valence-electron chi connectivity index (χ2n) is 4.11. The van der Waals surface area contributed by atoms with Crippen LogP contribution >= 0.6 is 0 Å². The van der Waals surface area contributed by atoms with Crippen molar-refractivity contribution in [3.8, 4) is 0 Å². The quantitative estimate of drug-likeness (QED) is 0.748. The lowest BCUT2D eigenvalue weighted by Crippen LogP contribution is -2.14. The van der Waals surface area contributed by atoms with Crippen molar-refractivity contribution in [2.24, 2.45) is 0 Å². The summed E-state index contributed by atoms with van der Waals surface area (Å²) in [4.78, 5) is 0. The summed E-state index contributed by atoms with van der Waals surface area (Å²) in [6.45, 7) is 4.22. The van der Waals surface area contributed by atoms with Crippen LogP contribution in [0.15, 0.2) is 24.3 Å². The van der Waals surface area contributed by atoms with Crippen LogP contribution in [0.1, 0.15) is 45.1 Å². The van der Waals surface area contributed by atoms with E-state index in [0.29, 0.717) is 6.04 Å². The molecule has 1 N–H and O–H groups in total. The van der Waals surface area contributed by atoms with Gasteiger partial charge in [-0.1, -0.05) is 31.9 Å². The zero-order valence-corrected chi connectivity index (χ0v) is 9.84. The predicted molar refractivity (Wildman–Crippen MR) is 64.0 cm³/mol. The van der Waals surface area contributed by atoms with Gasteiger partial charge in [-0.25, -0.2) is 8.78 Å². The van der Waals surface area contributed by atoms with Crippen LogP contribution in [0, 0.1) is 0 Å². The third-order valence-corrected chi connectivity index (χ3v) is 2.54. The summed E-state index contributed by atoms with van der Waals surface area (Å²) >= 11 is 0. The van der Waals surface area contributed by atoms with E-state index in [4.69, 9.17) is 0 Å². The normalized spacial score (nSPS) is 12.8. The molecule has 1 aromatic rings. The van der Waals surface area contributed by atoms with Crippen molar-refractivity contribution in [1.82, 2.24) is 0 Å². The Morgan fingerprint density at radius 1 is 1.31 bits per heavy atom. The molecule has 1 aromatic carbocycles. The molecule has 0 saturated heterocycles. The lowest BCUT2D eigenvalue weighted by Gasteiger charge is -2.15. The van der Waals surface area contributed by atoms with E-state index in [0.717, 1.165) is 24.9 Å². The Hall–Kier alpha value is -1.12. The van der Waals surface area contributed by atoms with Gasteiger partial charge in [-0.05, 0) is 25.5 Å². The highest BCUT2D eigenvalue weighted by molar-refractivity contribution is 5.46. The molecule has 3 heteroatoms. The topological polar surface area (TPSA) is 12.0 Å². The molecular weight excluding hydrogens is 208 g/mol. The first-order chi connectivity index (χ1) is 7.63. The molecule has 0 aromatic heterocycles. The number of halogens is 2. The minimum absolute atomic E-state index is 0.0766. The molecule has 0 aliphatic rings. The van der Waals surface area contributed by atoms with E-state index in [2.05, 4.69) is 19.2 Å². The summed E-state index contributed by atoms with van der Waals surface area (Å²) in [5, 5.41) is 3.24. The first-order valence-corrected chi connectivity index (χ1v) is 5.78. The largest absolute Gasteiger partial charge is 0.383 e. The summed E-state index contributed by atoms with van der Waals surface area (Å²) in [6, 6.07) is 6.79. The molecule has 0 fully saturated rings. The van der Waals surface area contributed by atoms with Crippen LogP contribution in [0.2, 0.25) is 0 Å². The van der Waals surface area contributed by atoms with Crippen LogP contribution in [0.5, 0.6) is 0 Å². The molecule has 0 bridgehead atoms. The van der Waals surface area contributed by atoms with Gasteiger partial charge in [0.25, 0.3) is 6.43 Å². The summed E-state index contributed by atoms with van der Waals surface area (Å²) in [7, 11) is 0. The zero-order chi connectivity index (χ0) is 12.0. The molecule has 0 saturated carbocycles. The van der Waals surface area contributed by atoms with Crippen LogP contribution in [-0.2, 0) is 0 Å². The molecular formula is C13H19F2N. The average molecular weight is 227 g/mol.